The Morgan fingerprint density at radius 1 is 0.972 bits per heavy atom. The number of rotatable bonds is 9. The predicted octanol–water partition coefficient (Wildman–Crippen LogP) is 8.30. The van der Waals surface area contributed by atoms with E-state index in [1.165, 1.54) is 6.07 Å². The van der Waals surface area contributed by atoms with Crippen molar-refractivity contribution in [1.82, 2.24) is 0 Å². The number of aliphatic hydroxyl groups is 1. The minimum Gasteiger partial charge on any atom is -0.486 e. The first-order chi connectivity index (χ1) is 17.4. The van der Waals surface area contributed by atoms with Gasteiger partial charge in [-0.2, -0.15) is 0 Å². The molecule has 3 aromatic rings. The molecule has 1 fully saturated rings. The maximum absolute atomic E-state index is 15.1. The van der Waals surface area contributed by atoms with Gasteiger partial charge in [-0.3, -0.25) is 0 Å². The molecule has 4 rings (SSSR count). The maximum Gasteiger partial charge on any atom is 0.166 e. The number of aryl methyl sites for hydroxylation is 1. The smallest absolute Gasteiger partial charge is 0.166 e. The van der Waals surface area contributed by atoms with E-state index in [0.29, 0.717) is 17.0 Å². The Morgan fingerprint density at radius 3 is 2.33 bits per heavy atom. The molecule has 0 aromatic heterocycles. The monoisotopic (exact) mass is 494 g/mol. The molecular formula is C31H33F3O2. The first-order valence-electron chi connectivity index (χ1n) is 12.7. The molecule has 1 aliphatic rings. The first kappa shape index (κ1) is 26.0. The molecule has 3 aromatic carbocycles. The average Bonchev–Trinajstić information content (AvgIpc) is 2.89. The van der Waals surface area contributed by atoms with Crippen LogP contribution in [0.4, 0.5) is 13.2 Å². The van der Waals surface area contributed by atoms with Gasteiger partial charge >= 0.3 is 0 Å². The van der Waals surface area contributed by atoms with Crippen LogP contribution >= 0.6 is 0 Å². The van der Waals surface area contributed by atoms with E-state index in [9.17, 15) is 9.50 Å². The molecule has 1 saturated carbocycles. The summed E-state index contributed by atoms with van der Waals surface area (Å²) in [5.41, 5.74) is 2.93. The van der Waals surface area contributed by atoms with Gasteiger partial charge in [0.05, 0.1) is 6.10 Å². The van der Waals surface area contributed by atoms with Crippen LogP contribution in [0.3, 0.4) is 0 Å². The van der Waals surface area contributed by atoms with E-state index in [2.05, 4.69) is 6.58 Å². The van der Waals surface area contributed by atoms with Gasteiger partial charge in [0.2, 0.25) is 0 Å². The van der Waals surface area contributed by atoms with E-state index < -0.39 is 17.7 Å². The first-order valence-corrected chi connectivity index (χ1v) is 12.7. The fourth-order valence-corrected chi connectivity index (χ4v) is 5.14. The van der Waals surface area contributed by atoms with Gasteiger partial charge in [-0.05, 0) is 91.7 Å². The van der Waals surface area contributed by atoms with Crippen LogP contribution in [0.2, 0.25) is 0 Å². The molecule has 0 aliphatic heterocycles. The second-order valence-corrected chi connectivity index (χ2v) is 9.75. The standard InChI is InChI=1S/C31H33F3O2/c1-3-18-36-29-17-8-22(19-28(29)32)5-4-21-6-9-24(10-7-21)26-15-16-27(31(34)30(26)33)25-13-11-23(12-14-25)20(2)35/h3,8,11-17,19-21,24,35H,1,4-7,9-10,18H2,2H3. The molecule has 1 atom stereocenters. The molecule has 0 radical (unpaired) electrons. The van der Waals surface area contributed by atoms with Crippen LogP contribution in [0.1, 0.15) is 67.7 Å². The summed E-state index contributed by atoms with van der Waals surface area (Å²) in [6, 6.07) is 15.3. The van der Waals surface area contributed by atoms with Crippen molar-refractivity contribution >= 4 is 0 Å². The lowest BCUT2D eigenvalue weighted by Gasteiger charge is -2.29. The largest absolute Gasteiger partial charge is 0.486 e. The zero-order valence-corrected chi connectivity index (χ0v) is 20.7. The lowest BCUT2D eigenvalue weighted by atomic mass is 9.76. The predicted molar refractivity (Wildman–Crippen MR) is 138 cm³/mol. The Bertz CT molecular complexity index is 1180. The van der Waals surface area contributed by atoms with Crippen LogP contribution in [-0.4, -0.2) is 11.7 Å². The van der Waals surface area contributed by atoms with Crippen molar-refractivity contribution in [3.63, 3.8) is 0 Å². The molecule has 0 bridgehead atoms. The SMILES string of the molecule is C=CCOc1ccc(CCC2CCC(c3ccc(-c4ccc(C(C)O)cc4)c(F)c3F)CC2)cc1F. The average molecular weight is 495 g/mol. The quantitative estimate of drug-likeness (QED) is 0.303. The normalized spacial score (nSPS) is 18.6. The highest BCUT2D eigenvalue weighted by Crippen LogP contribution is 2.40. The molecule has 1 N–H and O–H groups in total. The highest BCUT2D eigenvalue weighted by atomic mass is 19.2. The van der Waals surface area contributed by atoms with Gasteiger partial charge in [0.15, 0.2) is 23.2 Å². The van der Waals surface area contributed by atoms with Crippen molar-refractivity contribution < 1.29 is 23.0 Å². The molecule has 1 unspecified atom stereocenters. The zero-order chi connectivity index (χ0) is 25.7. The topological polar surface area (TPSA) is 29.5 Å². The third-order valence-electron chi connectivity index (χ3n) is 7.30. The number of halogens is 3. The molecule has 1 aliphatic carbocycles. The van der Waals surface area contributed by atoms with Crippen LogP contribution < -0.4 is 4.74 Å². The second-order valence-electron chi connectivity index (χ2n) is 9.75. The van der Waals surface area contributed by atoms with Crippen LogP contribution in [-0.2, 0) is 6.42 Å². The number of hydrogen-bond acceptors (Lipinski definition) is 2. The summed E-state index contributed by atoms with van der Waals surface area (Å²) in [4.78, 5) is 0. The summed E-state index contributed by atoms with van der Waals surface area (Å²) in [5.74, 6) is -1.22. The van der Waals surface area contributed by atoms with Crippen molar-refractivity contribution in [1.29, 1.82) is 0 Å². The van der Waals surface area contributed by atoms with Crippen molar-refractivity contribution in [3.8, 4) is 16.9 Å². The molecule has 0 spiro atoms. The molecule has 190 valence electrons. The lowest BCUT2D eigenvalue weighted by molar-refractivity contribution is 0.199. The van der Waals surface area contributed by atoms with E-state index in [0.717, 1.165) is 49.7 Å². The van der Waals surface area contributed by atoms with Crippen molar-refractivity contribution in [2.24, 2.45) is 5.92 Å². The summed E-state index contributed by atoms with van der Waals surface area (Å²) in [7, 11) is 0. The van der Waals surface area contributed by atoms with Gasteiger partial charge < -0.3 is 9.84 Å². The summed E-state index contributed by atoms with van der Waals surface area (Å²) in [5, 5.41) is 9.67. The fourth-order valence-electron chi connectivity index (χ4n) is 5.14. The van der Waals surface area contributed by atoms with E-state index in [-0.39, 0.29) is 29.7 Å². The van der Waals surface area contributed by atoms with Gasteiger partial charge in [-0.15, -0.1) is 0 Å². The van der Waals surface area contributed by atoms with Gasteiger partial charge in [-0.25, -0.2) is 13.2 Å². The van der Waals surface area contributed by atoms with E-state index >= 15 is 8.78 Å². The van der Waals surface area contributed by atoms with Crippen LogP contribution in [0.25, 0.3) is 11.1 Å². The molecule has 36 heavy (non-hydrogen) atoms. The molecule has 5 heteroatoms. The second kappa shape index (κ2) is 11.8. The van der Waals surface area contributed by atoms with E-state index in [1.807, 2.05) is 6.07 Å². The summed E-state index contributed by atoms with van der Waals surface area (Å²) < 4.78 is 49.6. The van der Waals surface area contributed by atoms with Gasteiger partial charge in [0, 0.05) is 5.56 Å². The van der Waals surface area contributed by atoms with Gasteiger partial charge in [-0.1, -0.05) is 55.1 Å². The molecular weight excluding hydrogens is 461 g/mol. The summed E-state index contributed by atoms with van der Waals surface area (Å²) in [6.07, 6.45) is 6.20. The summed E-state index contributed by atoms with van der Waals surface area (Å²) >= 11 is 0. The van der Waals surface area contributed by atoms with Gasteiger partial charge in [0.25, 0.3) is 0 Å². The van der Waals surface area contributed by atoms with Crippen LogP contribution in [0.5, 0.6) is 5.75 Å². The highest BCUT2D eigenvalue weighted by molar-refractivity contribution is 5.65. The molecule has 2 nitrogen and oxygen atoms in total. The van der Waals surface area contributed by atoms with Crippen LogP contribution in [0.15, 0.2) is 67.3 Å². The van der Waals surface area contributed by atoms with Crippen LogP contribution in [0, 0.1) is 23.4 Å². The molecule has 0 amide bonds. The minimum absolute atomic E-state index is 0.00107. The van der Waals surface area contributed by atoms with Crippen molar-refractivity contribution in [2.45, 2.75) is 57.5 Å². The number of aliphatic hydroxyl groups excluding tert-OH is 1. The van der Waals surface area contributed by atoms with Gasteiger partial charge in [0.1, 0.15) is 6.61 Å². The zero-order valence-electron chi connectivity index (χ0n) is 20.7. The Balaban J connectivity index is 1.34. The van der Waals surface area contributed by atoms with E-state index in [4.69, 9.17) is 4.74 Å². The Kier molecular flexibility index (Phi) is 8.52. The maximum atomic E-state index is 15.1. The Hall–Kier alpha value is -3.05. The number of ether oxygens (including phenoxy) is 1. The minimum atomic E-state index is -0.818. The molecule has 0 heterocycles. The molecule has 0 saturated heterocycles. The Labute approximate surface area is 211 Å². The number of hydrogen-bond donors (Lipinski definition) is 1. The number of benzene rings is 3. The third kappa shape index (κ3) is 6.01. The van der Waals surface area contributed by atoms with E-state index in [1.54, 1.807) is 55.5 Å². The third-order valence-corrected chi connectivity index (χ3v) is 7.30. The fraction of sp³-hybridized carbons (Fsp3) is 0.355. The summed E-state index contributed by atoms with van der Waals surface area (Å²) in [6.45, 7) is 5.50. The Morgan fingerprint density at radius 2 is 1.69 bits per heavy atom. The lowest BCUT2D eigenvalue weighted by Crippen LogP contribution is -2.15. The van der Waals surface area contributed by atoms with Crippen molar-refractivity contribution in [3.05, 3.63) is 101 Å². The highest BCUT2D eigenvalue weighted by Gasteiger charge is 2.26. The van der Waals surface area contributed by atoms with Crippen molar-refractivity contribution in [2.75, 3.05) is 6.61 Å².